The number of likely N-dealkylation sites (tertiary alicyclic amines) is 1. The van der Waals surface area contributed by atoms with Gasteiger partial charge in [-0.3, -0.25) is 4.90 Å². The van der Waals surface area contributed by atoms with E-state index in [1.807, 2.05) is 0 Å². The third-order valence-electron chi connectivity index (χ3n) is 5.89. The van der Waals surface area contributed by atoms with E-state index in [9.17, 15) is 10.3 Å². The van der Waals surface area contributed by atoms with Crippen molar-refractivity contribution in [3.05, 3.63) is 35.4 Å². The van der Waals surface area contributed by atoms with E-state index in [2.05, 4.69) is 47.4 Å². The Morgan fingerprint density at radius 1 is 1.33 bits per heavy atom. The maximum absolute atomic E-state index is 9.88. The van der Waals surface area contributed by atoms with Crippen molar-refractivity contribution >= 4 is 7.05 Å². The monoisotopic (exact) mass is 325 g/mol. The molecule has 4 nitrogen and oxygen atoms in total. The molecule has 0 amide bonds. The molecule has 5 heteroatoms. The van der Waals surface area contributed by atoms with Crippen molar-refractivity contribution in [1.29, 1.82) is 5.26 Å². The predicted octanol–water partition coefficient (Wildman–Crippen LogP) is 2.33. The van der Waals surface area contributed by atoms with Crippen molar-refractivity contribution < 1.29 is 5.02 Å². The first-order valence-electron chi connectivity index (χ1n) is 9.17. The number of nitriles is 1. The summed E-state index contributed by atoms with van der Waals surface area (Å²) in [5, 5.41) is 22.3. The Hall–Kier alpha value is -1.35. The van der Waals surface area contributed by atoms with E-state index in [4.69, 9.17) is 0 Å². The molecule has 0 spiro atoms. The van der Waals surface area contributed by atoms with Gasteiger partial charge in [0.05, 0.1) is 11.5 Å². The molecule has 24 heavy (non-hydrogen) atoms. The van der Waals surface area contributed by atoms with Gasteiger partial charge in [-0.15, -0.1) is 0 Å². The Labute approximate surface area is 146 Å². The molecule has 1 saturated heterocycles. The highest BCUT2D eigenvalue weighted by Crippen LogP contribution is 2.42. The average molecular weight is 325 g/mol. The zero-order chi connectivity index (χ0) is 17.2. The van der Waals surface area contributed by atoms with Crippen LogP contribution in [0.1, 0.15) is 36.8 Å². The van der Waals surface area contributed by atoms with Crippen LogP contribution >= 0.6 is 0 Å². The normalized spacial score (nSPS) is 28.2. The van der Waals surface area contributed by atoms with Gasteiger partial charge in [-0.25, -0.2) is 0 Å². The number of hydrogen-bond donors (Lipinski definition) is 2. The van der Waals surface area contributed by atoms with Crippen LogP contribution in [0, 0.1) is 24.2 Å². The minimum Gasteiger partial charge on any atom is -0.437 e. The molecular weight excluding hydrogens is 297 g/mol. The van der Waals surface area contributed by atoms with Gasteiger partial charge in [-0.1, -0.05) is 24.3 Å². The summed E-state index contributed by atoms with van der Waals surface area (Å²) >= 11 is 0. The van der Waals surface area contributed by atoms with E-state index in [1.54, 1.807) is 6.82 Å². The lowest BCUT2D eigenvalue weighted by atomic mass is 9.67. The SMILES string of the molecule is CB(O)NCC1CN(C2CCC(C#N)(c3ccccc3C)CC2)C1. The topological polar surface area (TPSA) is 59.3 Å². The Morgan fingerprint density at radius 2 is 2.00 bits per heavy atom. The predicted molar refractivity (Wildman–Crippen MR) is 97.6 cm³/mol. The van der Waals surface area contributed by atoms with Gasteiger partial charge >= 0.3 is 7.05 Å². The minimum atomic E-state index is -0.418. The van der Waals surface area contributed by atoms with Crippen LogP contribution in [-0.2, 0) is 5.41 Å². The second-order valence-electron chi connectivity index (χ2n) is 7.64. The summed E-state index contributed by atoms with van der Waals surface area (Å²) in [5.74, 6) is 0.651. The average Bonchev–Trinajstić information content (AvgIpc) is 2.54. The van der Waals surface area contributed by atoms with Gasteiger partial charge in [0.25, 0.3) is 0 Å². The molecule has 0 bridgehead atoms. The first-order chi connectivity index (χ1) is 11.5. The van der Waals surface area contributed by atoms with Gasteiger partial charge in [0, 0.05) is 19.1 Å². The summed E-state index contributed by atoms with van der Waals surface area (Å²) < 4.78 is 0. The van der Waals surface area contributed by atoms with Gasteiger partial charge in [-0.2, -0.15) is 5.26 Å². The maximum atomic E-state index is 9.88. The van der Waals surface area contributed by atoms with E-state index in [0.29, 0.717) is 12.0 Å². The number of nitrogens with one attached hydrogen (secondary N) is 1. The fourth-order valence-electron chi connectivity index (χ4n) is 4.39. The van der Waals surface area contributed by atoms with E-state index in [-0.39, 0.29) is 5.41 Å². The van der Waals surface area contributed by atoms with Gasteiger partial charge in [0.15, 0.2) is 0 Å². The molecule has 1 aromatic carbocycles. The summed E-state index contributed by atoms with van der Waals surface area (Å²) in [4.78, 5) is 2.56. The van der Waals surface area contributed by atoms with Crippen molar-refractivity contribution in [2.45, 2.75) is 50.9 Å². The molecule has 2 fully saturated rings. The highest BCUT2D eigenvalue weighted by atomic mass is 16.2. The summed E-state index contributed by atoms with van der Waals surface area (Å²) in [6.45, 7) is 7.02. The van der Waals surface area contributed by atoms with Crippen LogP contribution in [0.2, 0.25) is 6.82 Å². The maximum Gasteiger partial charge on any atom is 0.373 e. The molecule has 0 atom stereocenters. The molecular formula is C19H28BN3O. The lowest BCUT2D eigenvalue weighted by Gasteiger charge is -2.48. The van der Waals surface area contributed by atoms with Crippen LogP contribution in [0.4, 0.5) is 0 Å². The van der Waals surface area contributed by atoms with Crippen molar-refractivity contribution in [3.63, 3.8) is 0 Å². The summed E-state index contributed by atoms with van der Waals surface area (Å²) in [7, 11) is -0.418. The van der Waals surface area contributed by atoms with Gasteiger partial charge < -0.3 is 10.3 Å². The van der Waals surface area contributed by atoms with Crippen LogP contribution in [-0.4, -0.2) is 42.7 Å². The quantitative estimate of drug-likeness (QED) is 0.816. The Bertz CT molecular complexity index is 599. The molecule has 0 radical (unpaired) electrons. The van der Waals surface area contributed by atoms with Crippen LogP contribution in [0.25, 0.3) is 0 Å². The third kappa shape index (κ3) is 3.51. The molecule has 0 aromatic heterocycles. The smallest absolute Gasteiger partial charge is 0.373 e. The molecule has 0 unspecified atom stereocenters. The van der Waals surface area contributed by atoms with E-state index in [1.165, 1.54) is 11.1 Å². The molecule has 1 saturated carbocycles. The van der Waals surface area contributed by atoms with E-state index in [0.717, 1.165) is 45.3 Å². The summed E-state index contributed by atoms with van der Waals surface area (Å²) in [6, 6.07) is 11.6. The molecule has 2 N–H and O–H groups in total. The fraction of sp³-hybridized carbons (Fsp3) is 0.632. The first kappa shape index (κ1) is 17.5. The molecule has 1 aliphatic carbocycles. The third-order valence-corrected chi connectivity index (χ3v) is 5.89. The van der Waals surface area contributed by atoms with Crippen molar-refractivity contribution in [2.75, 3.05) is 19.6 Å². The van der Waals surface area contributed by atoms with Crippen LogP contribution in [0.3, 0.4) is 0 Å². The van der Waals surface area contributed by atoms with Gasteiger partial charge in [0.2, 0.25) is 0 Å². The summed E-state index contributed by atoms with van der Waals surface area (Å²) in [6.07, 6.45) is 4.15. The van der Waals surface area contributed by atoms with E-state index >= 15 is 0 Å². The fourth-order valence-corrected chi connectivity index (χ4v) is 4.39. The van der Waals surface area contributed by atoms with Crippen molar-refractivity contribution in [1.82, 2.24) is 10.1 Å². The first-order valence-corrected chi connectivity index (χ1v) is 9.17. The summed E-state index contributed by atoms with van der Waals surface area (Å²) in [5.41, 5.74) is 2.18. The molecule has 1 heterocycles. The lowest BCUT2D eigenvalue weighted by Crippen LogP contribution is -2.57. The van der Waals surface area contributed by atoms with Crippen LogP contribution < -0.4 is 5.23 Å². The van der Waals surface area contributed by atoms with Gasteiger partial charge in [-0.05, 0) is 63.0 Å². The Morgan fingerprint density at radius 3 is 2.58 bits per heavy atom. The molecule has 3 rings (SSSR count). The van der Waals surface area contributed by atoms with Crippen LogP contribution in [0.15, 0.2) is 24.3 Å². The van der Waals surface area contributed by atoms with Crippen molar-refractivity contribution in [2.24, 2.45) is 5.92 Å². The molecule has 2 aliphatic rings. The largest absolute Gasteiger partial charge is 0.437 e. The van der Waals surface area contributed by atoms with Crippen molar-refractivity contribution in [3.8, 4) is 6.07 Å². The Kier molecular flexibility index (Phi) is 5.29. The molecule has 128 valence electrons. The van der Waals surface area contributed by atoms with E-state index < -0.39 is 7.05 Å². The minimum absolute atomic E-state index is 0.292. The highest BCUT2D eigenvalue weighted by Gasteiger charge is 2.41. The van der Waals surface area contributed by atoms with Crippen LogP contribution in [0.5, 0.6) is 0 Å². The number of nitrogens with zero attached hydrogens (tertiary/aromatic N) is 2. The second kappa shape index (κ2) is 7.27. The Balaban J connectivity index is 1.55. The van der Waals surface area contributed by atoms with Gasteiger partial charge in [0.1, 0.15) is 0 Å². The molecule has 1 aromatic rings. The standard InChI is InChI=1S/C19H28BN3O/c1-15-5-3-4-6-18(15)19(14-21)9-7-17(8-10-19)23-12-16(13-23)11-22-20(2)24/h3-6,16-17,22,24H,7-13H2,1-2H3. The lowest BCUT2D eigenvalue weighted by molar-refractivity contribution is 0.0300. The zero-order valence-electron chi connectivity index (χ0n) is 14.8. The number of rotatable bonds is 5. The number of benzene rings is 1. The number of hydrogen-bond acceptors (Lipinski definition) is 4. The zero-order valence-corrected chi connectivity index (χ0v) is 14.8. The molecule has 1 aliphatic heterocycles. The second-order valence-corrected chi connectivity index (χ2v) is 7.64. The number of aryl methyl sites for hydroxylation is 1. The highest BCUT2D eigenvalue weighted by molar-refractivity contribution is 6.45.